The minimum atomic E-state index is 0.522. The summed E-state index contributed by atoms with van der Waals surface area (Å²) < 4.78 is 5.52. The minimum Gasteiger partial charge on any atom is -0.477 e. The molecule has 1 aromatic rings. The van der Waals surface area contributed by atoms with Gasteiger partial charge in [0, 0.05) is 0 Å². The molecular formula is C10H17N3O. The van der Waals surface area contributed by atoms with Crippen LogP contribution < -0.4 is 10.5 Å². The Morgan fingerprint density at radius 1 is 1.36 bits per heavy atom. The van der Waals surface area contributed by atoms with Gasteiger partial charge in [-0.25, -0.2) is 9.97 Å². The maximum atomic E-state index is 5.71. The van der Waals surface area contributed by atoms with Gasteiger partial charge < -0.3 is 10.5 Å². The SMILES string of the molecule is CCCCOc1ncnc(N)c1CC. The van der Waals surface area contributed by atoms with Crippen LogP contribution in [0.1, 0.15) is 32.3 Å². The van der Waals surface area contributed by atoms with Crippen LogP contribution >= 0.6 is 0 Å². The van der Waals surface area contributed by atoms with E-state index in [0.29, 0.717) is 18.3 Å². The highest BCUT2D eigenvalue weighted by molar-refractivity contribution is 5.44. The van der Waals surface area contributed by atoms with E-state index in [1.54, 1.807) is 0 Å². The van der Waals surface area contributed by atoms with Gasteiger partial charge in [0.05, 0.1) is 12.2 Å². The van der Waals surface area contributed by atoms with Crippen LogP contribution in [0.3, 0.4) is 0 Å². The predicted molar refractivity (Wildman–Crippen MR) is 56.2 cm³/mol. The molecule has 4 heteroatoms. The Hall–Kier alpha value is -1.32. The fraction of sp³-hybridized carbons (Fsp3) is 0.600. The maximum Gasteiger partial charge on any atom is 0.221 e. The molecule has 2 N–H and O–H groups in total. The molecule has 0 aliphatic heterocycles. The lowest BCUT2D eigenvalue weighted by Gasteiger charge is -2.09. The average Bonchev–Trinajstić information content (AvgIpc) is 2.18. The molecule has 0 saturated carbocycles. The summed E-state index contributed by atoms with van der Waals surface area (Å²) in [7, 11) is 0. The van der Waals surface area contributed by atoms with Crippen LogP contribution in [-0.4, -0.2) is 16.6 Å². The number of hydrogen-bond donors (Lipinski definition) is 1. The van der Waals surface area contributed by atoms with Crippen LogP contribution in [0.4, 0.5) is 5.82 Å². The van der Waals surface area contributed by atoms with Gasteiger partial charge in [-0.2, -0.15) is 0 Å². The van der Waals surface area contributed by atoms with Gasteiger partial charge in [0.2, 0.25) is 5.88 Å². The molecule has 0 aliphatic rings. The Balaban J connectivity index is 2.70. The minimum absolute atomic E-state index is 0.522. The van der Waals surface area contributed by atoms with Crippen LogP contribution in [0.25, 0.3) is 0 Å². The van der Waals surface area contributed by atoms with Gasteiger partial charge in [0.1, 0.15) is 12.1 Å². The Kier molecular flexibility index (Phi) is 4.16. The monoisotopic (exact) mass is 195 g/mol. The molecule has 0 aliphatic carbocycles. The largest absolute Gasteiger partial charge is 0.477 e. The number of ether oxygens (including phenoxy) is 1. The van der Waals surface area contributed by atoms with E-state index in [2.05, 4.69) is 16.9 Å². The van der Waals surface area contributed by atoms with Gasteiger partial charge in [0.25, 0.3) is 0 Å². The summed E-state index contributed by atoms with van der Waals surface area (Å²) in [6.07, 6.45) is 4.39. The molecule has 0 radical (unpaired) electrons. The summed E-state index contributed by atoms with van der Waals surface area (Å²) in [5, 5.41) is 0. The number of nitrogens with two attached hydrogens (primary N) is 1. The fourth-order valence-electron chi connectivity index (χ4n) is 1.18. The third kappa shape index (κ3) is 2.58. The Morgan fingerprint density at radius 2 is 2.14 bits per heavy atom. The lowest BCUT2D eigenvalue weighted by molar-refractivity contribution is 0.294. The zero-order chi connectivity index (χ0) is 10.4. The second kappa shape index (κ2) is 5.42. The van der Waals surface area contributed by atoms with Gasteiger partial charge in [-0.15, -0.1) is 0 Å². The Morgan fingerprint density at radius 3 is 2.79 bits per heavy atom. The van der Waals surface area contributed by atoms with Crippen molar-refractivity contribution in [3.05, 3.63) is 11.9 Å². The van der Waals surface area contributed by atoms with Crippen molar-refractivity contribution < 1.29 is 4.74 Å². The topological polar surface area (TPSA) is 61.0 Å². The fourth-order valence-corrected chi connectivity index (χ4v) is 1.18. The molecule has 14 heavy (non-hydrogen) atoms. The normalized spacial score (nSPS) is 10.1. The number of rotatable bonds is 5. The molecule has 0 atom stereocenters. The van der Waals surface area contributed by atoms with Gasteiger partial charge in [0.15, 0.2) is 0 Å². The molecule has 1 aromatic heterocycles. The smallest absolute Gasteiger partial charge is 0.221 e. The van der Waals surface area contributed by atoms with Crippen molar-refractivity contribution >= 4 is 5.82 Å². The molecule has 0 saturated heterocycles. The van der Waals surface area contributed by atoms with E-state index in [9.17, 15) is 0 Å². The molecule has 0 amide bonds. The summed E-state index contributed by atoms with van der Waals surface area (Å²) in [6.45, 7) is 4.83. The summed E-state index contributed by atoms with van der Waals surface area (Å²) in [5.74, 6) is 1.16. The first-order valence-electron chi connectivity index (χ1n) is 5.01. The molecule has 78 valence electrons. The molecule has 1 heterocycles. The van der Waals surface area contributed by atoms with E-state index in [1.165, 1.54) is 6.33 Å². The lowest BCUT2D eigenvalue weighted by Crippen LogP contribution is -2.05. The molecule has 0 fully saturated rings. The van der Waals surface area contributed by atoms with Crippen molar-refractivity contribution in [2.45, 2.75) is 33.1 Å². The van der Waals surface area contributed by atoms with Crippen molar-refractivity contribution in [1.29, 1.82) is 0 Å². The van der Waals surface area contributed by atoms with Gasteiger partial charge in [-0.1, -0.05) is 20.3 Å². The van der Waals surface area contributed by atoms with Gasteiger partial charge in [-0.3, -0.25) is 0 Å². The highest BCUT2D eigenvalue weighted by atomic mass is 16.5. The van der Waals surface area contributed by atoms with E-state index in [-0.39, 0.29) is 0 Å². The highest BCUT2D eigenvalue weighted by Crippen LogP contribution is 2.19. The molecule has 0 bridgehead atoms. The first kappa shape index (κ1) is 10.8. The molecular weight excluding hydrogens is 178 g/mol. The van der Waals surface area contributed by atoms with Crippen LogP contribution in [0, 0.1) is 0 Å². The highest BCUT2D eigenvalue weighted by Gasteiger charge is 2.07. The average molecular weight is 195 g/mol. The standard InChI is InChI=1S/C10H17N3O/c1-3-5-6-14-10-8(4-2)9(11)12-7-13-10/h7H,3-6H2,1-2H3,(H2,11,12,13). The predicted octanol–water partition coefficient (Wildman–Crippen LogP) is 1.80. The van der Waals surface area contributed by atoms with Crippen LogP contribution in [0.15, 0.2) is 6.33 Å². The maximum absolute atomic E-state index is 5.71. The number of nitrogen functional groups attached to an aromatic ring is 1. The van der Waals surface area contributed by atoms with Crippen molar-refractivity contribution in [3.63, 3.8) is 0 Å². The zero-order valence-corrected chi connectivity index (χ0v) is 8.79. The number of unbranched alkanes of at least 4 members (excludes halogenated alkanes) is 1. The zero-order valence-electron chi connectivity index (χ0n) is 8.79. The van der Waals surface area contributed by atoms with Crippen molar-refractivity contribution in [2.75, 3.05) is 12.3 Å². The van der Waals surface area contributed by atoms with Gasteiger partial charge >= 0.3 is 0 Å². The van der Waals surface area contributed by atoms with E-state index in [4.69, 9.17) is 10.5 Å². The van der Waals surface area contributed by atoms with Crippen LogP contribution in [-0.2, 0) is 6.42 Å². The second-order valence-electron chi connectivity index (χ2n) is 3.10. The molecule has 0 unspecified atom stereocenters. The molecule has 4 nitrogen and oxygen atoms in total. The number of hydrogen-bond acceptors (Lipinski definition) is 4. The first-order chi connectivity index (χ1) is 6.79. The van der Waals surface area contributed by atoms with Crippen LogP contribution in [0.2, 0.25) is 0 Å². The third-order valence-electron chi connectivity index (χ3n) is 2.03. The molecule has 0 aromatic carbocycles. The van der Waals surface area contributed by atoms with E-state index >= 15 is 0 Å². The molecule has 0 spiro atoms. The number of anilines is 1. The second-order valence-corrected chi connectivity index (χ2v) is 3.10. The lowest BCUT2D eigenvalue weighted by atomic mass is 10.2. The van der Waals surface area contributed by atoms with Gasteiger partial charge in [-0.05, 0) is 12.8 Å². The van der Waals surface area contributed by atoms with E-state index in [0.717, 1.165) is 24.8 Å². The summed E-state index contributed by atoms with van der Waals surface area (Å²) >= 11 is 0. The number of nitrogens with zero attached hydrogens (tertiary/aromatic N) is 2. The number of aromatic nitrogens is 2. The summed E-state index contributed by atoms with van der Waals surface area (Å²) in [5.41, 5.74) is 6.61. The van der Waals surface area contributed by atoms with E-state index < -0.39 is 0 Å². The Labute approximate surface area is 84.5 Å². The van der Waals surface area contributed by atoms with E-state index in [1.807, 2.05) is 6.92 Å². The van der Waals surface area contributed by atoms with Crippen molar-refractivity contribution in [2.24, 2.45) is 0 Å². The van der Waals surface area contributed by atoms with Crippen molar-refractivity contribution in [1.82, 2.24) is 9.97 Å². The van der Waals surface area contributed by atoms with Crippen molar-refractivity contribution in [3.8, 4) is 5.88 Å². The quantitative estimate of drug-likeness (QED) is 0.728. The summed E-state index contributed by atoms with van der Waals surface area (Å²) in [6, 6.07) is 0. The first-order valence-corrected chi connectivity index (χ1v) is 5.01. The van der Waals surface area contributed by atoms with Crippen LogP contribution in [0.5, 0.6) is 5.88 Å². The Bertz CT molecular complexity index is 289. The third-order valence-corrected chi connectivity index (χ3v) is 2.03. The molecule has 1 rings (SSSR count). The summed E-state index contributed by atoms with van der Waals surface area (Å²) in [4.78, 5) is 7.99.